The number of carbonyl (C=O) groups excluding carboxylic acids is 1. The molecular formula is C12H14O. The summed E-state index contributed by atoms with van der Waals surface area (Å²) in [7, 11) is 0. The Balaban J connectivity index is 2.51. The highest BCUT2D eigenvalue weighted by molar-refractivity contribution is 5.99. The third kappa shape index (κ3) is 1.51. The van der Waals surface area contributed by atoms with Crippen LogP contribution < -0.4 is 0 Å². The van der Waals surface area contributed by atoms with E-state index in [1.807, 2.05) is 24.3 Å². The van der Waals surface area contributed by atoms with Crippen LogP contribution in [0.5, 0.6) is 0 Å². The van der Waals surface area contributed by atoms with Crippen LogP contribution in [0, 0.1) is 5.89 Å². The normalized spacial score (nSPS) is 29.0. The molecule has 1 heteroatoms. The summed E-state index contributed by atoms with van der Waals surface area (Å²) < 4.78 is 7.95. The topological polar surface area (TPSA) is 17.1 Å². The van der Waals surface area contributed by atoms with E-state index in [4.69, 9.17) is 1.37 Å². The minimum Gasteiger partial charge on any atom is -0.294 e. The van der Waals surface area contributed by atoms with Gasteiger partial charge in [-0.25, -0.2) is 0 Å². The highest BCUT2D eigenvalue weighted by Gasteiger charge is 2.20. The van der Waals surface area contributed by atoms with Gasteiger partial charge in [-0.15, -0.1) is 0 Å². The highest BCUT2D eigenvalue weighted by atomic mass is 16.1. The molecule has 0 saturated carbocycles. The number of hydrogen-bond acceptors (Lipinski definition) is 1. The number of aryl methyl sites for hydroxylation is 1. The van der Waals surface area contributed by atoms with Gasteiger partial charge >= 0.3 is 0 Å². The van der Waals surface area contributed by atoms with Gasteiger partial charge in [0.05, 0.1) is 0 Å². The van der Waals surface area contributed by atoms with Crippen LogP contribution in [0.1, 0.15) is 37.1 Å². The van der Waals surface area contributed by atoms with E-state index in [1.165, 1.54) is 0 Å². The van der Waals surface area contributed by atoms with Crippen molar-refractivity contribution in [3.8, 4) is 0 Å². The predicted octanol–water partition coefficient (Wildman–Crippen LogP) is 2.84. The van der Waals surface area contributed by atoms with Gasteiger partial charge in [-0.2, -0.15) is 0 Å². The number of ketones is 1. The van der Waals surface area contributed by atoms with Gasteiger partial charge in [0.15, 0.2) is 5.78 Å². The van der Waals surface area contributed by atoms with Crippen LogP contribution in [0.25, 0.3) is 0 Å². The first-order valence-electron chi connectivity index (χ1n) is 5.24. The van der Waals surface area contributed by atoms with Crippen LogP contribution in [-0.2, 0) is 6.42 Å². The number of rotatable bonds is 0. The Morgan fingerprint density at radius 3 is 3.08 bits per heavy atom. The zero-order valence-electron chi connectivity index (χ0n) is 8.84. The van der Waals surface area contributed by atoms with Gasteiger partial charge in [0.1, 0.15) is 0 Å². The van der Waals surface area contributed by atoms with E-state index in [1.54, 1.807) is 6.92 Å². The quantitative estimate of drug-likeness (QED) is 0.439. The van der Waals surface area contributed by atoms with E-state index in [2.05, 4.69) is 0 Å². The average Bonchev–Trinajstić information content (AvgIpc) is 2.27. The lowest BCUT2D eigenvalue weighted by atomic mass is 10.0. The number of carbonyl (C=O) groups is 1. The Morgan fingerprint density at radius 2 is 2.23 bits per heavy atom. The standard InChI is InChI=1S/C12H14O/c1-9-5-4-7-10-6-2-3-8-11(10)12(9)13/h2-3,6,8-9H,4-5,7H2,1H3/i1+1,9D. The van der Waals surface area contributed by atoms with Crippen LogP contribution >= 0.6 is 0 Å². The van der Waals surface area contributed by atoms with E-state index in [9.17, 15) is 4.79 Å². The van der Waals surface area contributed by atoms with Crippen molar-refractivity contribution in [2.75, 3.05) is 0 Å². The van der Waals surface area contributed by atoms with Crippen LogP contribution in [0.2, 0.25) is 0 Å². The largest absolute Gasteiger partial charge is 0.294 e. The predicted molar refractivity (Wildman–Crippen MR) is 52.9 cm³/mol. The third-order valence-electron chi connectivity index (χ3n) is 2.65. The van der Waals surface area contributed by atoms with Crippen molar-refractivity contribution < 1.29 is 6.17 Å². The third-order valence-corrected chi connectivity index (χ3v) is 2.65. The van der Waals surface area contributed by atoms with Gasteiger partial charge in [-0.1, -0.05) is 31.2 Å². The summed E-state index contributed by atoms with van der Waals surface area (Å²) in [6.07, 6.45) is 2.53. The van der Waals surface area contributed by atoms with Gasteiger partial charge < -0.3 is 0 Å². The molecule has 1 aromatic rings. The summed E-state index contributed by atoms with van der Waals surface area (Å²) in [5, 5.41) is 0. The van der Waals surface area contributed by atoms with Crippen molar-refractivity contribution in [3.63, 3.8) is 0 Å². The monoisotopic (exact) mass is 176 g/mol. The molecular weight excluding hydrogens is 161 g/mol. The maximum Gasteiger partial charge on any atom is 0.165 e. The van der Waals surface area contributed by atoms with Gasteiger partial charge in [0.2, 0.25) is 0 Å². The lowest BCUT2D eigenvalue weighted by Crippen LogP contribution is -2.09. The first-order valence-corrected chi connectivity index (χ1v) is 4.74. The molecule has 0 aromatic heterocycles. The van der Waals surface area contributed by atoms with Crippen LogP contribution in [0.4, 0.5) is 0 Å². The minimum atomic E-state index is -0.924. The van der Waals surface area contributed by atoms with Crippen molar-refractivity contribution >= 4 is 5.78 Å². The second-order valence-corrected chi connectivity index (χ2v) is 3.62. The van der Waals surface area contributed by atoms with Crippen LogP contribution in [0.15, 0.2) is 24.3 Å². The summed E-state index contributed by atoms with van der Waals surface area (Å²) in [5.74, 6) is -0.947. The fourth-order valence-corrected chi connectivity index (χ4v) is 1.85. The second kappa shape index (κ2) is 3.33. The molecule has 1 aromatic carbocycles. The number of fused-ring (bicyclic) bond motifs is 1. The van der Waals surface area contributed by atoms with Crippen molar-refractivity contribution in [3.05, 3.63) is 35.4 Å². The summed E-state index contributed by atoms with van der Waals surface area (Å²) in [6, 6.07) is 7.67. The Hall–Kier alpha value is -1.11. The van der Waals surface area contributed by atoms with Gasteiger partial charge in [-0.05, 0) is 24.8 Å². The maximum atomic E-state index is 12.0. The van der Waals surface area contributed by atoms with E-state index in [-0.39, 0.29) is 5.78 Å². The first kappa shape index (κ1) is 7.31. The molecule has 0 aliphatic heterocycles. The molecule has 0 radical (unpaired) electrons. The molecule has 0 fully saturated rings. The van der Waals surface area contributed by atoms with E-state index >= 15 is 0 Å². The smallest absolute Gasteiger partial charge is 0.165 e. The molecule has 13 heavy (non-hydrogen) atoms. The Bertz CT molecular complexity index is 368. The molecule has 2 rings (SSSR count). The number of Topliss-reactive ketones (excluding diaryl/α,β-unsaturated/α-hetero) is 1. The van der Waals surface area contributed by atoms with Gasteiger partial charge in [-0.3, -0.25) is 4.79 Å². The average molecular weight is 176 g/mol. The molecule has 1 aliphatic rings. The van der Waals surface area contributed by atoms with Crippen molar-refractivity contribution in [1.29, 1.82) is 0 Å². The lowest BCUT2D eigenvalue weighted by Gasteiger charge is -2.06. The van der Waals surface area contributed by atoms with Crippen molar-refractivity contribution in [1.82, 2.24) is 0 Å². The molecule has 1 unspecified atom stereocenters. The number of benzene rings is 1. The maximum absolute atomic E-state index is 12.0. The molecule has 1 aliphatic carbocycles. The van der Waals surface area contributed by atoms with Crippen molar-refractivity contribution in [2.24, 2.45) is 5.89 Å². The molecule has 0 saturated heterocycles. The Labute approximate surface area is 80.2 Å². The zero-order valence-corrected chi connectivity index (χ0v) is 7.84. The molecule has 1 nitrogen and oxygen atoms in total. The minimum absolute atomic E-state index is 0.0226. The molecule has 0 N–H and O–H groups in total. The molecule has 0 spiro atoms. The summed E-state index contributed by atoms with van der Waals surface area (Å²) in [5.41, 5.74) is 1.86. The summed E-state index contributed by atoms with van der Waals surface area (Å²) in [4.78, 5) is 12.0. The fraction of sp³-hybridized carbons (Fsp3) is 0.417. The highest BCUT2D eigenvalue weighted by Crippen LogP contribution is 2.23. The molecule has 68 valence electrons. The Morgan fingerprint density at radius 1 is 1.46 bits per heavy atom. The summed E-state index contributed by atoms with van der Waals surface area (Å²) in [6.45, 7) is 1.72. The van der Waals surface area contributed by atoms with Crippen LogP contribution in [0.3, 0.4) is 0 Å². The molecule has 0 amide bonds. The first-order chi connectivity index (χ1) is 6.61. The Kier molecular flexibility index (Phi) is 1.87. The molecule has 0 heterocycles. The number of hydrogen-bond donors (Lipinski definition) is 0. The van der Waals surface area contributed by atoms with Crippen molar-refractivity contribution in [2.45, 2.75) is 26.2 Å². The van der Waals surface area contributed by atoms with E-state index in [0.29, 0.717) is 6.42 Å². The lowest BCUT2D eigenvalue weighted by molar-refractivity contribution is 0.0927. The molecule has 0 bridgehead atoms. The van der Waals surface area contributed by atoms with Crippen LogP contribution in [-0.4, -0.2) is 5.78 Å². The van der Waals surface area contributed by atoms with E-state index in [0.717, 1.165) is 24.0 Å². The molecule has 1 atom stereocenters. The second-order valence-electron chi connectivity index (χ2n) is 3.62. The zero-order chi connectivity index (χ0) is 10.2. The summed E-state index contributed by atoms with van der Waals surface area (Å²) >= 11 is 0. The SMILES string of the molecule is [2H]C1([13CH3])CCCc2ccccc2C1=O. The van der Waals surface area contributed by atoms with Gasteiger partial charge in [0, 0.05) is 12.8 Å². The van der Waals surface area contributed by atoms with E-state index < -0.39 is 5.89 Å². The van der Waals surface area contributed by atoms with Gasteiger partial charge in [0.25, 0.3) is 0 Å². The fourth-order valence-electron chi connectivity index (χ4n) is 1.85.